The maximum Gasteiger partial charge on any atom is 0.129 e. The summed E-state index contributed by atoms with van der Waals surface area (Å²) in [6.07, 6.45) is 3.86. The van der Waals surface area contributed by atoms with E-state index in [0.29, 0.717) is 24.4 Å². The second-order valence-corrected chi connectivity index (χ2v) is 5.46. The number of hydrogen-bond acceptors (Lipinski definition) is 1. The van der Waals surface area contributed by atoms with Gasteiger partial charge in [0.05, 0.1) is 0 Å². The van der Waals surface area contributed by atoms with E-state index in [4.69, 9.17) is 5.73 Å². The lowest BCUT2D eigenvalue weighted by Gasteiger charge is -2.28. The number of benzene rings is 1. The van der Waals surface area contributed by atoms with Crippen molar-refractivity contribution >= 4 is 0 Å². The van der Waals surface area contributed by atoms with Crippen LogP contribution >= 0.6 is 0 Å². The molecule has 2 N–H and O–H groups in total. The standard InChI is InChI=1S/C14H19F2N/c1-10-4-5-14(7-10,9-17)8-11-2-3-12(15)6-13(11)16/h2-3,6,10H,4-5,7-9,17H2,1H3. The lowest BCUT2D eigenvalue weighted by Crippen LogP contribution is -2.30. The minimum Gasteiger partial charge on any atom is -0.330 e. The van der Waals surface area contributed by atoms with Crippen LogP contribution in [0.5, 0.6) is 0 Å². The van der Waals surface area contributed by atoms with Crippen LogP contribution in [-0.2, 0) is 6.42 Å². The fourth-order valence-corrected chi connectivity index (χ4v) is 2.98. The summed E-state index contributed by atoms with van der Waals surface area (Å²) in [4.78, 5) is 0. The topological polar surface area (TPSA) is 26.0 Å². The zero-order valence-electron chi connectivity index (χ0n) is 10.2. The first-order chi connectivity index (χ1) is 8.04. The van der Waals surface area contributed by atoms with Crippen molar-refractivity contribution in [2.45, 2.75) is 32.6 Å². The molecular formula is C14H19F2N. The molecule has 1 aromatic carbocycles. The normalized spacial score (nSPS) is 28.6. The molecule has 1 aliphatic rings. The van der Waals surface area contributed by atoms with E-state index in [0.717, 1.165) is 25.3 Å². The molecule has 0 bridgehead atoms. The summed E-state index contributed by atoms with van der Waals surface area (Å²) >= 11 is 0. The minimum absolute atomic E-state index is 0.0120. The maximum atomic E-state index is 13.6. The quantitative estimate of drug-likeness (QED) is 0.860. The average Bonchev–Trinajstić information content (AvgIpc) is 2.65. The summed E-state index contributed by atoms with van der Waals surface area (Å²) in [6, 6.07) is 3.82. The van der Waals surface area contributed by atoms with Gasteiger partial charge in [-0.25, -0.2) is 8.78 Å². The molecule has 0 aliphatic heterocycles. The van der Waals surface area contributed by atoms with Gasteiger partial charge < -0.3 is 5.73 Å². The van der Waals surface area contributed by atoms with E-state index in [1.807, 2.05) is 0 Å². The van der Waals surface area contributed by atoms with Crippen molar-refractivity contribution in [3.05, 3.63) is 35.4 Å². The van der Waals surface area contributed by atoms with Gasteiger partial charge in [0.2, 0.25) is 0 Å². The van der Waals surface area contributed by atoms with Crippen LogP contribution in [0.4, 0.5) is 8.78 Å². The Morgan fingerprint density at radius 1 is 1.41 bits per heavy atom. The maximum absolute atomic E-state index is 13.6. The van der Waals surface area contributed by atoms with Gasteiger partial charge in [0.25, 0.3) is 0 Å². The molecular weight excluding hydrogens is 220 g/mol. The van der Waals surface area contributed by atoms with E-state index in [1.54, 1.807) is 6.07 Å². The van der Waals surface area contributed by atoms with E-state index in [-0.39, 0.29) is 5.41 Å². The highest BCUT2D eigenvalue weighted by atomic mass is 19.1. The first kappa shape index (κ1) is 12.5. The van der Waals surface area contributed by atoms with E-state index in [1.165, 1.54) is 6.07 Å². The Bertz CT molecular complexity index is 405. The lowest BCUT2D eigenvalue weighted by atomic mass is 9.79. The van der Waals surface area contributed by atoms with Crippen molar-refractivity contribution in [2.75, 3.05) is 6.54 Å². The highest BCUT2D eigenvalue weighted by Crippen LogP contribution is 2.43. The van der Waals surface area contributed by atoms with Crippen LogP contribution in [0.1, 0.15) is 31.7 Å². The third-order valence-electron chi connectivity index (χ3n) is 3.96. The number of halogens is 2. The Balaban J connectivity index is 2.19. The van der Waals surface area contributed by atoms with Gasteiger partial charge in [-0.2, -0.15) is 0 Å². The molecule has 1 aromatic rings. The van der Waals surface area contributed by atoms with Crippen molar-refractivity contribution in [2.24, 2.45) is 17.1 Å². The van der Waals surface area contributed by atoms with Gasteiger partial charge in [0, 0.05) is 6.07 Å². The Morgan fingerprint density at radius 2 is 2.18 bits per heavy atom. The van der Waals surface area contributed by atoms with Crippen LogP contribution in [0.2, 0.25) is 0 Å². The Hall–Kier alpha value is -0.960. The summed E-state index contributed by atoms with van der Waals surface area (Å²) in [6.45, 7) is 2.78. The summed E-state index contributed by atoms with van der Waals surface area (Å²) in [5.74, 6) is -0.313. The van der Waals surface area contributed by atoms with E-state index >= 15 is 0 Å². The highest BCUT2D eigenvalue weighted by Gasteiger charge is 2.36. The van der Waals surface area contributed by atoms with Crippen molar-refractivity contribution in [1.82, 2.24) is 0 Å². The SMILES string of the molecule is CC1CCC(CN)(Cc2ccc(F)cc2F)C1. The smallest absolute Gasteiger partial charge is 0.129 e. The Morgan fingerprint density at radius 3 is 2.71 bits per heavy atom. The van der Waals surface area contributed by atoms with Gasteiger partial charge >= 0.3 is 0 Å². The fraction of sp³-hybridized carbons (Fsp3) is 0.571. The zero-order valence-corrected chi connectivity index (χ0v) is 10.2. The number of nitrogens with two attached hydrogens (primary N) is 1. The van der Waals surface area contributed by atoms with Crippen molar-refractivity contribution in [1.29, 1.82) is 0 Å². The van der Waals surface area contributed by atoms with Crippen LogP contribution in [0, 0.1) is 23.0 Å². The third kappa shape index (κ3) is 2.65. The molecule has 2 atom stereocenters. The minimum atomic E-state index is -0.521. The second-order valence-electron chi connectivity index (χ2n) is 5.46. The van der Waals surface area contributed by atoms with Crippen LogP contribution < -0.4 is 5.73 Å². The van der Waals surface area contributed by atoms with Crippen LogP contribution in [0.25, 0.3) is 0 Å². The largest absolute Gasteiger partial charge is 0.330 e. The highest BCUT2D eigenvalue weighted by molar-refractivity contribution is 5.20. The van der Waals surface area contributed by atoms with E-state index in [9.17, 15) is 8.78 Å². The number of rotatable bonds is 3. The molecule has 1 nitrogen and oxygen atoms in total. The first-order valence-electron chi connectivity index (χ1n) is 6.19. The third-order valence-corrected chi connectivity index (χ3v) is 3.96. The molecule has 1 aliphatic carbocycles. The monoisotopic (exact) mass is 239 g/mol. The molecule has 1 saturated carbocycles. The summed E-state index contributed by atoms with van der Waals surface area (Å²) in [5.41, 5.74) is 6.46. The van der Waals surface area contributed by atoms with Crippen LogP contribution in [-0.4, -0.2) is 6.54 Å². The second kappa shape index (κ2) is 4.73. The number of hydrogen-bond donors (Lipinski definition) is 1. The summed E-state index contributed by atoms with van der Waals surface area (Å²) < 4.78 is 26.5. The Labute approximate surface area is 101 Å². The molecule has 17 heavy (non-hydrogen) atoms. The zero-order chi connectivity index (χ0) is 12.5. The molecule has 2 rings (SSSR count). The molecule has 0 saturated heterocycles. The molecule has 0 amide bonds. The predicted molar refractivity (Wildman–Crippen MR) is 64.6 cm³/mol. The molecule has 0 heterocycles. The van der Waals surface area contributed by atoms with Crippen molar-refractivity contribution in [3.8, 4) is 0 Å². The molecule has 3 heteroatoms. The van der Waals surface area contributed by atoms with Crippen molar-refractivity contribution < 1.29 is 8.78 Å². The lowest BCUT2D eigenvalue weighted by molar-refractivity contribution is 0.291. The summed E-state index contributed by atoms with van der Waals surface area (Å²) in [5, 5.41) is 0. The van der Waals surface area contributed by atoms with Gasteiger partial charge in [-0.3, -0.25) is 0 Å². The van der Waals surface area contributed by atoms with Gasteiger partial charge in [0.15, 0.2) is 0 Å². The average molecular weight is 239 g/mol. The fourth-order valence-electron chi connectivity index (χ4n) is 2.98. The van der Waals surface area contributed by atoms with Gasteiger partial charge in [-0.15, -0.1) is 0 Å². The molecule has 0 spiro atoms. The van der Waals surface area contributed by atoms with Crippen molar-refractivity contribution in [3.63, 3.8) is 0 Å². The Kier molecular flexibility index (Phi) is 3.48. The predicted octanol–water partition coefficient (Wildman–Crippen LogP) is 3.27. The molecule has 1 fully saturated rings. The molecule has 0 radical (unpaired) electrons. The van der Waals surface area contributed by atoms with E-state index in [2.05, 4.69) is 6.92 Å². The molecule has 2 unspecified atom stereocenters. The van der Waals surface area contributed by atoms with E-state index < -0.39 is 11.6 Å². The van der Waals surface area contributed by atoms with Gasteiger partial charge in [-0.05, 0) is 48.8 Å². The first-order valence-corrected chi connectivity index (χ1v) is 6.19. The van der Waals surface area contributed by atoms with Gasteiger partial charge in [-0.1, -0.05) is 19.4 Å². The van der Waals surface area contributed by atoms with Crippen LogP contribution in [0.3, 0.4) is 0 Å². The summed E-state index contributed by atoms with van der Waals surface area (Å²) in [7, 11) is 0. The molecule has 0 aromatic heterocycles. The molecule has 94 valence electrons. The van der Waals surface area contributed by atoms with Gasteiger partial charge in [0.1, 0.15) is 11.6 Å². The van der Waals surface area contributed by atoms with Crippen LogP contribution in [0.15, 0.2) is 18.2 Å².